The zero-order valence-electron chi connectivity index (χ0n) is 12.0. The molecule has 0 unspecified atom stereocenters. The molecule has 8 heteroatoms. The smallest absolute Gasteiger partial charge is 0.282 e. The van der Waals surface area contributed by atoms with Crippen LogP contribution in [0.3, 0.4) is 0 Å². The minimum atomic E-state index is -0.496. The van der Waals surface area contributed by atoms with E-state index in [2.05, 4.69) is 4.99 Å². The molecule has 0 N–H and O–H groups in total. The highest BCUT2D eigenvalue weighted by atomic mass is 35.5. The lowest BCUT2D eigenvalue weighted by Crippen LogP contribution is -1.94. The molecule has 2 aromatic rings. The highest BCUT2D eigenvalue weighted by Crippen LogP contribution is 2.37. The number of nitro groups is 1. The molecule has 1 heterocycles. The summed E-state index contributed by atoms with van der Waals surface area (Å²) in [6.07, 6.45) is 1.39. The summed E-state index contributed by atoms with van der Waals surface area (Å²) >= 11 is 6.03. The van der Waals surface area contributed by atoms with Gasteiger partial charge in [0.1, 0.15) is 5.75 Å². The minimum absolute atomic E-state index is 0.0428. The Balaban J connectivity index is 1.95. The van der Waals surface area contributed by atoms with E-state index in [0.29, 0.717) is 33.5 Å². The number of methoxy groups -OCH3 is 1. The van der Waals surface area contributed by atoms with Gasteiger partial charge in [0, 0.05) is 6.21 Å². The standard InChI is InChI=1S/C15H11ClN2O5/c1-21-13-3-2-10(5-11(13)16)17-7-9-4-14-15(23-8-22-14)6-12(9)18(19)20/h2-7H,8H2,1H3. The first-order valence-corrected chi connectivity index (χ1v) is 6.92. The van der Waals surface area contributed by atoms with Gasteiger partial charge >= 0.3 is 0 Å². The molecule has 0 saturated heterocycles. The van der Waals surface area contributed by atoms with Gasteiger partial charge in [-0.05, 0) is 24.3 Å². The second-order valence-electron chi connectivity index (χ2n) is 4.60. The summed E-state index contributed by atoms with van der Waals surface area (Å²) in [5, 5.41) is 11.6. The van der Waals surface area contributed by atoms with Crippen molar-refractivity contribution in [1.29, 1.82) is 0 Å². The minimum Gasteiger partial charge on any atom is -0.495 e. The molecule has 2 aromatic carbocycles. The lowest BCUT2D eigenvalue weighted by molar-refractivity contribution is -0.385. The molecule has 0 aliphatic carbocycles. The second-order valence-corrected chi connectivity index (χ2v) is 5.01. The van der Waals surface area contributed by atoms with Gasteiger partial charge < -0.3 is 14.2 Å². The average molecular weight is 335 g/mol. The van der Waals surface area contributed by atoms with E-state index >= 15 is 0 Å². The fraction of sp³-hybridized carbons (Fsp3) is 0.133. The van der Waals surface area contributed by atoms with Gasteiger partial charge in [-0.15, -0.1) is 0 Å². The van der Waals surface area contributed by atoms with Crippen LogP contribution in [0.25, 0.3) is 0 Å². The third-order valence-electron chi connectivity index (χ3n) is 3.21. The molecular weight excluding hydrogens is 324 g/mol. The zero-order valence-corrected chi connectivity index (χ0v) is 12.7. The number of aliphatic imine (C=N–C) groups is 1. The van der Waals surface area contributed by atoms with Crippen LogP contribution >= 0.6 is 11.6 Å². The molecule has 23 heavy (non-hydrogen) atoms. The molecule has 0 saturated carbocycles. The number of rotatable bonds is 4. The lowest BCUT2D eigenvalue weighted by atomic mass is 10.1. The van der Waals surface area contributed by atoms with Crippen LogP contribution in [-0.4, -0.2) is 25.0 Å². The Labute approximate surface area is 136 Å². The van der Waals surface area contributed by atoms with Crippen LogP contribution in [0.4, 0.5) is 11.4 Å². The van der Waals surface area contributed by atoms with Crippen LogP contribution in [0.2, 0.25) is 5.02 Å². The Morgan fingerprint density at radius 1 is 1.30 bits per heavy atom. The summed E-state index contributed by atoms with van der Waals surface area (Å²) in [7, 11) is 1.51. The van der Waals surface area contributed by atoms with Gasteiger partial charge in [-0.25, -0.2) is 0 Å². The van der Waals surface area contributed by atoms with E-state index in [1.807, 2.05) is 0 Å². The predicted octanol–water partition coefficient (Wildman–Crippen LogP) is 3.74. The molecule has 0 bridgehead atoms. The molecule has 0 radical (unpaired) electrons. The first-order valence-electron chi connectivity index (χ1n) is 6.54. The molecule has 118 valence electrons. The molecule has 3 rings (SSSR count). The fourth-order valence-corrected chi connectivity index (χ4v) is 2.34. The molecule has 0 fully saturated rings. The summed E-state index contributed by atoms with van der Waals surface area (Å²) in [4.78, 5) is 14.9. The van der Waals surface area contributed by atoms with Crippen molar-refractivity contribution in [3.8, 4) is 17.2 Å². The topological polar surface area (TPSA) is 83.2 Å². The molecular formula is C15H11ClN2O5. The number of benzene rings is 2. The van der Waals surface area contributed by atoms with E-state index in [-0.39, 0.29) is 12.5 Å². The van der Waals surface area contributed by atoms with E-state index < -0.39 is 4.92 Å². The Morgan fingerprint density at radius 3 is 2.70 bits per heavy atom. The highest BCUT2D eigenvalue weighted by Gasteiger charge is 2.22. The van der Waals surface area contributed by atoms with Gasteiger partial charge in [0.15, 0.2) is 11.5 Å². The quantitative estimate of drug-likeness (QED) is 0.483. The Morgan fingerprint density at radius 2 is 2.04 bits per heavy atom. The highest BCUT2D eigenvalue weighted by molar-refractivity contribution is 6.32. The van der Waals surface area contributed by atoms with E-state index in [9.17, 15) is 10.1 Å². The molecule has 0 amide bonds. The predicted molar refractivity (Wildman–Crippen MR) is 84.5 cm³/mol. The summed E-state index contributed by atoms with van der Waals surface area (Å²) in [6.45, 7) is 0.0428. The normalized spacial score (nSPS) is 12.6. The van der Waals surface area contributed by atoms with E-state index in [4.69, 9.17) is 25.8 Å². The van der Waals surface area contributed by atoms with Crippen LogP contribution < -0.4 is 14.2 Å². The summed E-state index contributed by atoms with van der Waals surface area (Å²) in [5.41, 5.74) is 0.742. The van der Waals surface area contributed by atoms with E-state index in [0.717, 1.165) is 0 Å². The van der Waals surface area contributed by atoms with Gasteiger partial charge in [0.05, 0.1) is 34.4 Å². The molecule has 0 atom stereocenters. The molecule has 1 aliphatic heterocycles. The third-order valence-corrected chi connectivity index (χ3v) is 3.50. The van der Waals surface area contributed by atoms with Crippen molar-refractivity contribution in [2.24, 2.45) is 4.99 Å². The Kier molecular flexibility index (Phi) is 4.03. The number of hydrogen-bond donors (Lipinski definition) is 0. The Hall–Kier alpha value is -2.80. The number of hydrogen-bond acceptors (Lipinski definition) is 6. The van der Waals surface area contributed by atoms with Gasteiger partial charge in [-0.2, -0.15) is 0 Å². The van der Waals surface area contributed by atoms with Crippen molar-refractivity contribution in [2.45, 2.75) is 0 Å². The van der Waals surface area contributed by atoms with E-state index in [1.165, 1.54) is 25.5 Å². The maximum Gasteiger partial charge on any atom is 0.282 e. The van der Waals surface area contributed by atoms with Crippen molar-refractivity contribution in [1.82, 2.24) is 0 Å². The first kappa shape index (κ1) is 15.1. The maximum absolute atomic E-state index is 11.2. The number of ether oxygens (including phenoxy) is 3. The first-order chi connectivity index (χ1) is 11.1. The number of fused-ring (bicyclic) bond motifs is 1. The number of nitro benzene ring substituents is 1. The molecule has 0 aromatic heterocycles. The SMILES string of the molecule is COc1ccc(N=Cc2cc3c(cc2[N+](=O)[O-])OCO3)cc1Cl. The molecule has 0 spiro atoms. The largest absolute Gasteiger partial charge is 0.495 e. The maximum atomic E-state index is 11.2. The van der Waals surface area contributed by atoms with Crippen molar-refractivity contribution >= 4 is 29.2 Å². The van der Waals surface area contributed by atoms with Crippen LogP contribution in [0.5, 0.6) is 17.2 Å². The summed E-state index contributed by atoms with van der Waals surface area (Å²) < 4.78 is 15.4. The summed E-state index contributed by atoms with van der Waals surface area (Å²) in [5.74, 6) is 1.32. The monoisotopic (exact) mass is 334 g/mol. The van der Waals surface area contributed by atoms with Crippen LogP contribution in [0, 0.1) is 10.1 Å². The van der Waals surface area contributed by atoms with Gasteiger partial charge in [-0.1, -0.05) is 11.6 Å². The van der Waals surface area contributed by atoms with Gasteiger partial charge in [-0.3, -0.25) is 15.1 Å². The van der Waals surface area contributed by atoms with Crippen molar-refractivity contribution in [3.63, 3.8) is 0 Å². The molecule has 7 nitrogen and oxygen atoms in total. The van der Waals surface area contributed by atoms with Crippen LogP contribution in [0.15, 0.2) is 35.3 Å². The van der Waals surface area contributed by atoms with Crippen molar-refractivity contribution in [2.75, 3.05) is 13.9 Å². The van der Waals surface area contributed by atoms with Crippen LogP contribution in [0.1, 0.15) is 5.56 Å². The summed E-state index contributed by atoms with van der Waals surface area (Å²) in [6, 6.07) is 7.82. The van der Waals surface area contributed by atoms with E-state index in [1.54, 1.807) is 18.2 Å². The number of nitrogens with zero attached hydrogens (tertiary/aromatic N) is 2. The van der Waals surface area contributed by atoms with Crippen molar-refractivity contribution in [3.05, 3.63) is 51.0 Å². The second kappa shape index (κ2) is 6.13. The van der Waals surface area contributed by atoms with Crippen LogP contribution in [-0.2, 0) is 0 Å². The van der Waals surface area contributed by atoms with Gasteiger partial charge in [0.25, 0.3) is 5.69 Å². The lowest BCUT2D eigenvalue weighted by Gasteiger charge is -2.03. The third kappa shape index (κ3) is 3.04. The van der Waals surface area contributed by atoms with Crippen molar-refractivity contribution < 1.29 is 19.1 Å². The number of halogens is 1. The Bertz CT molecular complexity index is 807. The fourth-order valence-electron chi connectivity index (χ4n) is 2.09. The molecule has 1 aliphatic rings. The van der Waals surface area contributed by atoms with Gasteiger partial charge in [0.2, 0.25) is 6.79 Å². The average Bonchev–Trinajstić information content (AvgIpc) is 2.99. The zero-order chi connectivity index (χ0) is 16.4.